The maximum atomic E-state index is 9.32. The Bertz CT molecular complexity index is 166. The maximum Gasteiger partial charge on any atom is 0.217 e. The van der Waals surface area contributed by atoms with Gasteiger partial charge in [-0.15, -0.1) is 0 Å². The van der Waals surface area contributed by atoms with E-state index in [2.05, 4.69) is 4.74 Å². The van der Waals surface area contributed by atoms with Crippen molar-refractivity contribution >= 4 is 0 Å². The maximum absolute atomic E-state index is 9.32. The van der Waals surface area contributed by atoms with Gasteiger partial charge in [0.15, 0.2) is 0 Å². The second-order valence-electron chi connectivity index (χ2n) is 2.90. The van der Waals surface area contributed by atoms with Gasteiger partial charge >= 0.3 is 0 Å². The Labute approximate surface area is 69.2 Å². The van der Waals surface area contributed by atoms with Crippen LogP contribution in [-0.4, -0.2) is 57.7 Å². The summed E-state index contributed by atoms with van der Waals surface area (Å²) in [6, 6.07) is -1.00. The number of aliphatic hydroxyl groups excluding tert-OH is 3. The first-order valence-electron chi connectivity index (χ1n) is 3.60. The van der Waals surface area contributed by atoms with Gasteiger partial charge in [-0.05, 0) is 0 Å². The normalized spacial score (nSPS) is 49.2. The van der Waals surface area contributed by atoms with Gasteiger partial charge in [0.05, 0.1) is 25.4 Å². The summed E-state index contributed by atoms with van der Waals surface area (Å²) in [6.07, 6.45) is -2.50. The molecule has 1 rings (SSSR count). The summed E-state index contributed by atoms with van der Waals surface area (Å²) >= 11 is 0. The summed E-state index contributed by atoms with van der Waals surface area (Å²) in [5.41, 5.74) is 5.32. The molecule has 1 heterocycles. The first-order chi connectivity index (χ1) is 5.51. The molecule has 0 aromatic heterocycles. The second kappa shape index (κ2) is 3.25. The molecule has 0 unspecified atom stereocenters. The molecule has 0 bridgehead atoms. The van der Waals surface area contributed by atoms with Crippen molar-refractivity contribution in [2.75, 3.05) is 13.2 Å². The first kappa shape index (κ1) is 9.85. The number of aliphatic hydroxyl groups is 4. The monoisotopic (exact) mass is 179 g/mol. The summed E-state index contributed by atoms with van der Waals surface area (Å²) in [7, 11) is 0. The predicted molar refractivity (Wildman–Crippen MR) is 38.0 cm³/mol. The summed E-state index contributed by atoms with van der Waals surface area (Å²) in [4.78, 5) is 0. The molecule has 0 amide bonds. The molecule has 6 nitrogen and oxygen atoms in total. The zero-order chi connectivity index (χ0) is 9.35. The fourth-order valence-corrected chi connectivity index (χ4v) is 1.08. The molecule has 1 aliphatic heterocycles. The van der Waals surface area contributed by atoms with Crippen molar-refractivity contribution in [3.05, 3.63) is 0 Å². The Morgan fingerprint density at radius 3 is 2.58 bits per heavy atom. The highest BCUT2D eigenvalue weighted by atomic mass is 16.7. The quantitative estimate of drug-likeness (QED) is 0.288. The van der Waals surface area contributed by atoms with Crippen LogP contribution in [0.5, 0.6) is 0 Å². The smallest absolute Gasteiger partial charge is 0.217 e. The van der Waals surface area contributed by atoms with Crippen LogP contribution >= 0.6 is 0 Å². The van der Waals surface area contributed by atoms with E-state index in [1.54, 1.807) is 0 Å². The van der Waals surface area contributed by atoms with E-state index in [1.165, 1.54) is 0 Å². The molecule has 0 spiro atoms. The van der Waals surface area contributed by atoms with E-state index in [4.69, 9.17) is 15.9 Å². The van der Waals surface area contributed by atoms with Gasteiger partial charge in [-0.1, -0.05) is 0 Å². The number of hydrogen-bond donors (Lipinski definition) is 5. The zero-order valence-electron chi connectivity index (χ0n) is 6.42. The molecule has 0 aromatic rings. The minimum atomic E-state index is -2.04. The van der Waals surface area contributed by atoms with Crippen molar-refractivity contribution < 1.29 is 25.2 Å². The third-order valence-corrected chi connectivity index (χ3v) is 2.00. The lowest BCUT2D eigenvalue weighted by Gasteiger charge is -2.41. The lowest BCUT2D eigenvalue weighted by Crippen LogP contribution is -2.65. The van der Waals surface area contributed by atoms with Crippen molar-refractivity contribution in [3.8, 4) is 0 Å². The molecule has 1 aliphatic rings. The highest BCUT2D eigenvalue weighted by Crippen LogP contribution is 2.21. The molecular weight excluding hydrogens is 166 g/mol. The Hall–Kier alpha value is -0.240. The third kappa shape index (κ3) is 1.45. The topological polar surface area (TPSA) is 116 Å². The van der Waals surface area contributed by atoms with E-state index in [0.29, 0.717) is 0 Å². The van der Waals surface area contributed by atoms with Gasteiger partial charge in [-0.2, -0.15) is 0 Å². The highest BCUT2D eigenvalue weighted by molar-refractivity contribution is 4.93. The Morgan fingerprint density at radius 2 is 2.08 bits per heavy atom. The van der Waals surface area contributed by atoms with E-state index in [-0.39, 0.29) is 6.61 Å². The Balaban J connectivity index is 2.71. The molecule has 1 saturated heterocycles. The van der Waals surface area contributed by atoms with Gasteiger partial charge in [0.25, 0.3) is 0 Å². The van der Waals surface area contributed by atoms with E-state index in [1.807, 2.05) is 0 Å². The largest absolute Gasteiger partial charge is 0.391 e. The molecule has 12 heavy (non-hydrogen) atoms. The first-order valence-corrected chi connectivity index (χ1v) is 3.60. The lowest BCUT2D eigenvalue weighted by atomic mass is 9.96. The summed E-state index contributed by atoms with van der Waals surface area (Å²) < 4.78 is 4.64. The average Bonchev–Trinajstić information content (AvgIpc) is 2.09. The molecule has 0 aliphatic carbocycles. The molecule has 6 heteroatoms. The lowest BCUT2D eigenvalue weighted by molar-refractivity contribution is -0.310. The molecule has 72 valence electrons. The molecule has 1 fully saturated rings. The summed E-state index contributed by atoms with van der Waals surface area (Å²) in [6.45, 7) is -0.954. The Morgan fingerprint density at radius 1 is 1.50 bits per heavy atom. The standard InChI is InChI=1S/C6H13NO5/c7-4-3(9)1-12-6(11,2-8)5(4)10/h3-5,8-11H,1-2,7H2/t3-,4+,5-,6+/m0/s1. The third-order valence-electron chi connectivity index (χ3n) is 2.00. The van der Waals surface area contributed by atoms with Gasteiger partial charge in [-0.25, -0.2) is 0 Å². The molecular formula is C6H13NO5. The molecule has 4 atom stereocenters. The van der Waals surface area contributed by atoms with Crippen LogP contribution in [0.4, 0.5) is 0 Å². The summed E-state index contributed by atoms with van der Waals surface area (Å²) in [5.74, 6) is -2.04. The molecule has 0 radical (unpaired) electrons. The van der Waals surface area contributed by atoms with Crippen LogP contribution < -0.4 is 5.73 Å². The van der Waals surface area contributed by atoms with E-state index < -0.39 is 30.6 Å². The molecule has 0 aromatic carbocycles. The van der Waals surface area contributed by atoms with Crippen molar-refractivity contribution in [1.29, 1.82) is 0 Å². The van der Waals surface area contributed by atoms with Crippen molar-refractivity contribution in [2.24, 2.45) is 5.73 Å². The van der Waals surface area contributed by atoms with E-state index >= 15 is 0 Å². The minimum Gasteiger partial charge on any atom is -0.391 e. The van der Waals surface area contributed by atoms with Crippen molar-refractivity contribution in [3.63, 3.8) is 0 Å². The van der Waals surface area contributed by atoms with Crippen LogP contribution in [0.1, 0.15) is 0 Å². The fraction of sp³-hybridized carbons (Fsp3) is 1.00. The van der Waals surface area contributed by atoms with Crippen molar-refractivity contribution in [1.82, 2.24) is 0 Å². The van der Waals surface area contributed by atoms with Gasteiger partial charge < -0.3 is 30.9 Å². The van der Waals surface area contributed by atoms with Crippen LogP contribution in [0, 0.1) is 0 Å². The summed E-state index contributed by atoms with van der Waals surface area (Å²) in [5, 5.41) is 36.3. The van der Waals surface area contributed by atoms with Gasteiger partial charge in [0.1, 0.15) is 6.10 Å². The highest BCUT2D eigenvalue weighted by Gasteiger charge is 2.46. The van der Waals surface area contributed by atoms with Crippen molar-refractivity contribution in [2.45, 2.75) is 24.0 Å². The van der Waals surface area contributed by atoms with Crippen LogP contribution in [0.3, 0.4) is 0 Å². The number of ether oxygens (including phenoxy) is 1. The number of hydrogen-bond acceptors (Lipinski definition) is 6. The van der Waals surface area contributed by atoms with Crippen LogP contribution in [0.25, 0.3) is 0 Å². The second-order valence-corrected chi connectivity index (χ2v) is 2.90. The van der Waals surface area contributed by atoms with Gasteiger partial charge in [0, 0.05) is 0 Å². The van der Waals surface area contributed by atoms with E-state index in [9.17, 15) is 10.2 Å². The van der Waals surface area contributed by atoms with Crippen LogP contribution in [-0.2, 0) is 4.74 Å². The number of nitrogens with two attached hydrogens (primary N) is 1. The Kier molecular flexibility index (Phi) is 2.67. The van der Waals surface area contributed by atoms with Gasteiger partial charge in [-0.3, -0.25) is 0 Å². The SMILES string of the molecule is N[C@@H]1[C@@H](O)CO[C@](O)(CO)[C@H]1O. The molecule has 6 N–H and O–H groups in total. The van der Waals surface area contributed by atoms with Gasteiger partial charge in [0.2, 0.25) is 5.79 Å². The number of rotatable bonds is 1. The molecule has 0 saturated carbocycles. The minimum absolute atomic E-state index is 0.199. The average molecular weight is 179 g/mol. The zero-order valence-corrected chi connectivity index (χ0v) is 6.42. The predicted octanol–water partition coefficient (Wildman–Crippen LogP) is -3.25. The fourth-order valence-electron chi connectivity index (χ4n) is 1.08. The van der Waals surface area contributed by atoms with Crippen LogP contribution in [0.15, 0.2) is 0 Å². The van der Waals surface area contributed by atoms with Crippen LogP contribution in [0.2, 0.25) is 0 Å². The van der Waals surface area contributed by atoms with E-state index in [0.717, 1.165) is 0 Å².